The molecule has 1 aromatic rings. The predicted molar refractivity (Wildman–Crippen MR) is 79.2 cm³/mol. The summed E-state index contributed by atoms with van der Waals surface area (Å²) in [5.74, 6) is 0.951. The van der Waals surface area contributed by atoms with Gasteiger partial charge in [-0.25, -0.2) is 0 Å². The number of aliphatic hydroxyl groups excluding tert-OH is 1. The number of carbonyl (C=O) groups is 2. The zero-order valence-electron chi connectivity index (χ0n) is 11.5. The Morgan fingerprint density at radius 2 is 2.15 bits per heavy atom. The van der Waals surface area contributed by atoms with Gasteiger partial charge in [0, 0.05) is 25.6 Å². The number of benzene rings is 1. The van der Waals surface area contributed by atoms with E-state index in [1.807, 2.05) is 30.3 Å². The van der Waals surface area contributed by atoms with Crippen molar-refractivity contribution in [2.45, 2.75) is 19.4 Å². The van der Waals surface area contributed by atoms with E-state index in [4.69, 9.17) is 0 Å². The Morgan fingerprint density at radius 3 is 2.80 bits per heavy atom. The van der Waals surface area contributed by atoms with E-state index in [2.05, 4.69) is 0 Å². The molecular formula is C15H19NO3S. The quantitative estimate of drug-likeness (QED) is 0.900. The van der Waals surface area contributed by atoms with Gasteiger partial charge in [0.25, 0.3) is 0 Å². The van der Waals surface area contributed by atoms with Crippen LogP contribution in [0.25, 0.3) is 0 Å². The summed E-state index contributed by atoms with van der Waals surface area (Å²) in [6.07, 6.45) is -0.179. The number of thioether (sulfide) groups is 1. The van der Waals surface area contributed by atoms with Gasteiger partial charge in [0.2, 0.25) is 5.91 Å². The first-order chi connectivity index (χ1) is 9.56. The fourth-order valence-corrected chi connectivity index (χ4v) is 3.06. The van der Waals surface area contributed by atoms with Crippen molar-refractivity contribution in [3.05, 3.63) is 35.9 Å². The number of aliphatic hydroxyl groups is 1. The molecule has 0 aromatic heterocycles. The van der Waals surface area contributed by atoms with Gasteiger partial charge in [0.1, 0.15) is 0 Å². The summed E-state index contributed by atoms with van der Waals surface area (Å²) in [5, 5.41) is 10.2. The summed E-state index contributed by atoms with van der Waals surface area (Å²) >= 11 is 1.27. The van der Waals surface area contributed by atoms with E-state index in [1.165, 1.54) is 11.8 Å². The number of β-amino-alcohol motifs (C(OH)–C–C–N with tert-alkyl or cyclic N) is 1. The standard InChI is InChI=1S/C15H19NO3S/c1-11(17)20-10-12-7-15(19)16(8-12)9-14(18)13-5-3-2-4-6-13/h2-6,12,14,18H,7-10H2,1H3. The molecule has 4 nitrogen and oxygen atoms in total. The zero-order chi connectivity index (χ0) is 14.5. The highest BCUT2D eigenvalue weighted by Gasteiger charge is 2.31. The molecule has 5 heteroatoms. The van der Waals surface area contributed by atoms with Crippen LogP contribution in [0.2, 0.25) is 0 Å². The van der Waals surface area contributed by atoms with Gasteiger partial charge in [-0.2, -0.15) is 0 Å². The summed E-state index contributed by atoms with van der Waals surface area (Å²) < 4.78 is 0. The molecule has 0 spiro atoms. The fraction of sp³-hybridized carbons (Fsp3) is 0.467. The van der Waals surface area contributed by atoms with Crippen molar-refractivity contribution >= 4 is 22.8 Å². The van der Waals surface area contributed by atoms with Crippen LogP contribution in [0, 0.1) is 5.92 Å². The number of likely N-dealkylation sites (tertiary alicyclic amines) is 1. The average Bonchev–Trinajstić information content (AvgIpc) is 2.78. The van der Waals surface area contributed by atoms with Crippen LogP contribution in [0.1, 0.15) is 25.0 Å². The molecule has 1 aromatic carbocycles. The van der Waals surface area contributed by atoms with Gasteiger partial charge in [-0.05, 0) is 11.5 Å². The van der Waals surface area contributed by atoms with Crippen molar-refractivity contribution < 1.29 is 14.7 Å². The summed E-state index contributed by atoms with van der Waals surface area (Å²) in [4.78, 5) is 24.6. The minimum Gasteiger partial charge on any atom is -0.387 e. The molecule has 0 saturated carbocycles. The molecule has 1 amide bonds. The first-order valence-electron chi connectivity index (χ1n) is 6.70. The molecule has 1 aliphatic heterocycles. The lowest BCUT2D eigenvalue weighted by atomic mass is 10.1. The van der Waals surface area contributed by atoms with Crippen LogP contribution < -0.4 is 0 Å². The van der Waals surface area contributed by atoms with E-state index >= 15 is 0 Å². The number of carbonyl (C=O) groups excluding carboxylic acids is 2. The summed E-state index contributed by atoms with van der Waals surface area (Å²) in [6.45, 7) is 2.49. The van der Waals surface area contributed by atoms with Crippen LogP contribution in [0.3, 0.4) is 0 Å². The Hall–Kier alpha value is -1.33. The molecule has 2 unspecified atom stereocenters. The lowest BCUT2D eigenvalue weighted by Gasteiger charge is -2.20. The van der Waals surface area contributed by atoms with E-state index in [0.29, 0.717) is 25.3 Å². The van der Waals surface area contributed by atoms with Crippen LogP contribution >= 0.6 is 11.8 Å². The lowest BCUT2D eigenvalue weighted by Crippen LogP contribution is -2.30. The van der Waals surface area contributed by atoms with E-state index in [0.717, 1.165) is 5.56 Å². The van der Waals surface area contributed by atoms with E-state index in [1.54, 1.807) is 11.8 Å². The minimum absolute atomic E-state index is 0.0640. The minimum atomic E-state index is -0.653. The molecular weight excluding hydrogens is 274 g/mol. The summed E-state index contributed by atoms with van der Waals surface area (Å²) in [7, 11) is 0. The third-order valence-corrected chi connectivity index (χ3v) is 4.44. The topological polar surface area (TPSA) is 57.6 Å². The Balaban J connectivity index is 1.87. The Bertz CT molecular complexity index is 477. The normalized spacial score (nSPS) is 20.2. The molecule has 2 atom stereocenters. The second-order valence-electron chi connectivity index (χ2n) is 5.10. The van der Waals surface area contributed by atoms with Crippen molar-refractivity contribution in [1.29, 1.82) is 0 Å². The van der Waals surface area contributed by atoms with Crippen molar-refractivity contribution in [2.75, 3.05) is 18.8 Å². The fourth-order valence-electron chi connectivity index (χ4n) is 2.37. The summed E-state index contributed by atoms with van der Waals surface area (Å²) in [6, 6.07) is 9.35. The molecule has 1 heterocycles. The third kappa shape index (κ3) is 4.08. The number of nitrogens with zero attached hydrogens (tertiary/aromatic N) is 1. The van der Waals surface area contributed by atoms with E-state index in [9.17, 15) is 14.7 Å². The van der Waals surface area contributed by atoms with Crippen molar-refractivity contribution in [3.63, 3.8) is 0 Å². The van der Waals surface area contributed by atoms with Crippen molar-refractivity contribution in [2.24, 2.45) is 5.92 Å². The predicted octanol–water partition coefficient (Wildman–Crippen LogP) is 1.85. The molecule has 1 aliphatic rings. The lowest BCUT2D eigenvalue weighted by molar-refractivity contribution is -0.129. The van der Waals surface area contributed by atoms with Gasteiger partial charge in [-0.15, -0.1) is 0 Å². The SMILES string of the molecule is CC(=O)SCC1CC(=O)N(CC(O)c2ccccc2)C1. The van der Waals surface area contributed by atoms with Gasteiger partial charge in [0.05, 0.1) is 12.6 Å². The highest BCUT2D eigenvalue weighted by atomic mass is 32.2. The molecule has 108 valence electrons. The molecule has 2 rings (SSSR count). The first kappa shape index (κ1) is 15.1. The summed E-state index contributed by atoms with van der Waals surface area (Å²) in [5.41, 5.74) is 0.821. The Labute approximate surface area is 123 Å². The number of amides is 1. The number of hydrogen-bond donors (Lipinski definition) is 1. The maximum Gasteiger partial charge on any atom is 0.223 e. The van der Waals surface area contributed by atoms with Crippen LogP contribution in [0.5, 0.6) is 0 Å². The largest absolute Gasteiger partial charge is 0.387 e. The van der Waals surface area contributed by atoms with Crippen molar-refractivity contribution in [3.8, 4) is 0 Å². The number of rotatable bonds is 5. The van der Waals surface area contributed by atoms with E-state index < -0.39 is 6.10 Å². The van der Waals surface area contributed by atoms with Gasteiger partial charge in [-0.3, -0.25) is 9.59 Å². The molecule has 20 heavy (non-hydrogen) atoms. The van der Waals surface area contributed by atoms with Gasteiger partial charge in [-0.1, -0.05) is 42.1 Å². The van der Waals surface area contributed by atoms with Crippen LogP contribution in [-0.2, 0) is 9.59 Å². The highest BCUT2D eigenvalue weighted by Crippen LogP contribution is 2.24. The first-order valence-corrected chi connectivity index (χ1v) is 7.69. The highest BCUT2D eigenvalue weighted by molar-refractivity contribution is 8.13. The molecule has 1 saturated heterocycles. The average molecular weight is 293 g/mol. The third-order valence-electron chi connectivity index (χ3n) is 3.39. The maximum absolute atomic E-state index is 11.9. The van der Waals surface area contributed by atoms with E-state index in [-0.39, 0.29) is 16.9 Å². The van der Waals surface area contributed by atoms with Crippen LogP contribution in [-0.4, -0.2) is 39.9 Å². The van der Waals surface area contributed by atoms with Crippen molar-refractivity contribution in [1.82, 2.24) is 4.90 Å². The molecule has 1 fully saturated rings. The second kappa shape index (κ2) is 6.90. The molecule has 0 aliphatic carbocycles. The van der Waals surface area contributed by atoms with Crippen LogP contribution in [0.15, 0.2) is 30.3 Å². The van der Waals surface area contributed by atoms with Gasteiger partial charge >= 0.3 is 0 Å². The Kier molecular flexibility index (Phi) is 5.20. The monoisotopic (exact) mass is 293 g/mol. The van der Waals surface area contributed by atoms with Gasteiger partial charge in [0.15, 0.2) is 5.12 Å². The van der Waals surface area contributed by atoms with Crippen LogP contribution in [0.4, 0.5) is 0 Å². The Morgan fingerprint density at radius 1 is 1.45 bits per heavy atom. The maximum atomic E-state index is 11.9. The molecule has 0 bridgehead atoms. The molecule has 0 radical (unpaired) electrons. The smallest absolute Gasteiger partial charge is 0.223 e. The van der Waals surface area contributed by atoms with Gasteiger partial charge < -0.3 is 10.0 Å². The zero-order valence-corrected chi connectivity index (χ0v) is 12.3. The molecule has 1 N–H and O–H groups in total. The second-order valence-corrected chi connectivity index (χ2v) is 6.29. The number of hydrogen-bond acceptors (Lipinski definition) is 4.